The molecule has 0 aromatic heterocycles. The number of carboxylic acid groups (broad SMARTS) is 1. The second-order valence-corrected chi connectivity index (χ2v) is 10.7. The number of carbonyl (C=O) groups excluding carboxylic acids is 4. The van der Waals surface area contributed by atoms with Crippen LogP contribution in [0.3, 0.4) is 0 Å². The monoisotopic (exact) mass is 592 g/mol. The molecule has 0 radical (unpaired) electrons. The maximum absolute atomic E-state index is 12.0. The number of hydrogen-bond acceptors (Lipinski definition) is 12. The first-order valence-electron chi connectivity index (χ1n) is 12.9. The number of aliphatic hydroxyl groups excluding tert-OH is 2. The van der Waals surface area contributed by atoms with Crippen LogP contribution in [0.2, 0.25) is 0 Å². The first kappa shape index (κ1) is 35.3. The summed E-state index contributed by atoms with van der Waals surface area (Å²) in [5.74, 6) is -4.52. The molecule has 0 spiro atoms. The molecule has 4 rings (SSSR count). The number of amides is 2. The number of carbonyl (C=O) groups is 4. The molecule has 8 atom stereocenters. The Balaban J connectivity index is 0.000000281. The Morgan fingerprint density at radius 1 is 0.829 bits per heavy atom. The van der Waals surface area contributed by atoms with E-state index < -0.39 is 72.2 Å². The van der Waals surface area contributed by atoms with Gasteiger partial charge >= 0.3 is 35.5 Å². The molecular weight excluding hydrogens is 555 g/mol. The molecule has 0 saturated carbocycles. The number of nitrogens with one attached hydrogen (secondary N) is 2. The molecular formula is C26H37N2NaO12. The summed E-state index contributed by atoms with van der Waals surface area (Å²) >= 11 is 0. The summed E-state index contributed by atoms with van der Waals surface area (Å²) in [4.78, 5) is 45.5. The van der Waals surface area contributed by atoms with E-state index in [9.17, 15) is 34.5 Å². The Bertz CT molecular complexity index is 1090. The molecule has 2 heterocycles. The average molecular weight is 593 g/mol. The number of esters is 1. The predicted octanol–water partition coefficient (Wildman–Crippen LogP) is -5.06. The van der Waals surface area contributed by atoms with Crippen LogP contribution in [0.1, 0.15) is 48.5 Å². The van der Waals surface area contributed by atoms with Crippen LogP contribution in [-0.4, -0.2) is 101 Å². The van der Waals surface area contributed by atoms with E-state index in [1.807, 2.05) is 0 Å². The molecule has 4 N–H and O–H groups in total. The van der Waals surface area contributed by atoms with E-state index in [1.165, 1.54) is 19.9 Å². The van der Waals surface area contributed by atoms with Gasteiger partial charge in [0.25, 0.3) is 0 Å². The van der Waals surface area contributed by atoms with E-state index in [4.69, 9.17) is 23.7 Å². The third kappa shape index (κ3) is 8.36. The van der Waals surface area contributed by atoms with Gasteiger partial charge in [0.1, 0.15) is 24.4 Å². The van der Waals surface area contributed by atoms with Crippen LogP contribution >= 0.6 is 0 Å². The van der Waals surface area contributed by atoms with E-state index in [0.29, 0.717) is 0 Å². The van der Waals surface area contributed by atoms with E-state index in [0.717, 1.165) is 6.08 Å². The summed E-state index contributed by atoms with van der Waals surface area (Å²) in [6, 6.07) is -1.43. The summed E-state index contributed by atoms with van der Waals surface area (Å²) in [6.45, 7) is 11.3. The van der Waals surface area contributed by atoms with Crippen molar-refractivity contribution < 1.29 is 87.7 Å². The molecule has 15 heteroatoms. The first-order valence-corrected chi connectivity index (χ1v) is 12.9. The quantitative estimate of drug-likeness (QED) is 0.175. The SMILES string of the molecule is CC(=O)N[C@H]1[C@@H]2OC(C)(C)O[C@@H]2C(C(=O)[O-])=C[C@H]1O.CCOC(=O)C1=C[C@@H](O)[C@@H](NC(C)=O)[C@@H]2OC(C)(C)O[C@H]12.[Na+]. The zero-order valence-corrected chi connectivity index (χ0v) is 26.5. The molecule has 2 fully saturated rings. The average Bonchev–Trinajstić information content (AvgIpc) is 3.31. The summed E-state index contributed by atoms with van der Waals surface area (Å²) in [5, 5.41) is 36.4. The molecule has 41 heavy (non-hydrogen) atoms. The smallest absolute Gasteiger partial charge is 0.545 e. The standard InChI is InChI=1S/C14H21NO6.C12H17NO6.Na/c1-5-19-13(18)8-6-9(17)10(15-7(2)16)12-11(8)20-14(3,4)21-12;1-5(14)13-8-7(15)4-6(11(16)17)9-10(8)19-12(2,3)18-9;/h6,9-12,17H,5H2,1-4H3,(H,15,16);4,7-10,15H,1-3H3,(H,13,14)(H,16,17);/q;;+1/p-1/t9-,10-,11-,12+;7-,8-,9-,10+;/m11./s1. The summed E-state index contributed by atoms with van der Waals surface area (Å²) in [7, 11) is 0. The van der Waals surface area contributed by atoms with Crippen molar-refractivity contribution in [3.63, 3.8) is 0 Å². The predicted molar refractivity (Wildman–Crippen MR) is 133 cm³/mol. The van der Waals surface area contributed by atoms with Crippen molar-refractivity contribution in [3.05, 3.63) is 23.3 Å². The normalized spacial score (nSPS) is 34.2. The number of carboxylic acids is 1. The molecule has 4 aliphatic rings. The zero-order chi connectivity index (χ0) is 30.2. The minimum absolute atomic E-state index is 0. The largest absolute Gasteiger partial charge is 1.00 e. The number of aliphatic hydroxyl groups is 2. The van der Waals surface area contributed by atoms with Gasteiger partial charge in [-0.2, -0.15) is 0 Å². The Morgan fingerprint density at radius 3 is 1.59 bits per heavy atom. The first-order chi connectivity index (χ1) is 18.5. The molecule has 2 saturated heterocycles. The fourth-order valence-electron chi connectivity index (χ4n) is 5.13. The van der Waals surface area contributed by atoms with Crippen LogP contribution in [0.4, 0.5) is 0 Å². The number of rotatable bonds is 5. The minimum atomic E-state index is -1.42. The van der Waals surface area contributed by atoms with E-state index in [1.54, 1.807) is 34.6 Å². The molecule has 2 aliphatic heterocycles. The van der Waals surface area contributed by atoms with Crippen molar-refractivity contribution in [2.24, 2.45) is 0 Å². The van der Waals surface area contributed by atoms with Crippen LogP contribution < -0.4 is 45.3 Å². The van der Waals surface area contributed by atoms with E-state index >= 15 is 0 Å². The Hall–Kier alpha value is -1.88. The maximum Gasteiger partial charge on any atom is 1.00 e. The zero-order valence-electron chi connectivity index (χ0n) is 24.5. The Kier molecular flexibility index (Phi) is 11.7. The van der Waals surface area contributed by atoms with Gasteiger partial charge in [-0.05, 0) is 46.8 Å². The van der Waals surface area contributed by atoms with E-state index in [2.05, 4.69) is 10.6 Å². The molecule has 2 amide bonds. The van der Waals surface area contributed by atoms with E-state index in [-0.39, 0.29) is 59.1 Å². The van der Waals surface area contributed by atoms with Gasteiger partial charge in [-0.25, -0.2) is 4.79 Å². The van der Waals surface area contributed by atoms with Gasteiger partial charge in [0.15, 0.2) is 11.6 Å². The van der Waals surface area contributed by atoms with Gasteiger partial charge < -0.3 is 54.4 Å². The molecule has 0 bridgehead atoms. The van der Waals surface area contributed by atoms with Gasteiger partial charge in [-0.3, -0.25) is 9.59 Å². The molecule has 0 aromatic carbocycles. The van der Waals surface area contributed by atoms with Crippen molar-refractivity contribution in [2.75, 3.05) is 6.61 Å². The van der Waals surface area contributed by atoms with Gasteiger partial charge in [-0.15, -0.1) is 0 Å². The van der Waals surface area contributed by atoms with Crippen molar-refractivity contribution in [2.45, 2.75) is 109 Å². The fraction of sp³-hybridized carbons (Fsp3) is 0.692. The maximum atomic E-state index is 12.0. The Labute approximate surface area is 260 Å². The molecule has 0 unspecified atom stereocenters. The van der Waals surface area contributed by atoms with Crippen LogP contribution in [0.5, 0.6) is 0 Å². The molecule has 224 valence electrons. The second kappa shape index (κ2) is 13.6. The Morgan fingerprint density at radius 2 is 1.22 bits per heavy atom. The summed E-state index contributed by atoms with van der Waals surface area (Å²) in [6.07, 6.45) is -2.70. The van der Waals surface area contributed by atoms with Crippen molar-refractivity contribution >= 4 is 23.8 Å². The van der Waals surface area contributed by atoms with Crippen LogP contribution in [0.25, 0.3) is 0 Å². The van der Waals surface area contributed by atoms with Gasteiger partial charge in [0.2, 0.25) is 11.8 Å². The van der Waals surface area contributed by atoms with Crippen LogP contribution in [0.15, 0.2) is 23.3 Å². The second-order valence-electron chi connectivity index (χ2n) is 10.7. The third-order valence-corrected chi connectivity index (χ3v) is 6.50. The molecule has 2 aliphatic carbocycles. The molecule has 0 aromatic rings. The van der Waals surface area contributed by atoms with Crippen molar-refractivity contribution in [1.82, 2.24) is 10.6 Å². The van der Waals surface area contributed by atoms with Gasteiger partial charge in [0.05, 0.1) is 42.4 Å². The fourth-order valence-corrected chi connectivity index (χ4v) is 5.13. The van der Waals surface area contributed by atoms with Crippen LogP contribution in [-0.2, 0) is 42.9 Å². The number of fused-ring (bicyclic) bond motifs is 2. The number of ether oxygens (including phenoxy) is 5. The summed E-state index contributed by atoms with van der Waals surface area (Å²) < 4.78 is 27.6. The molecule has 14 nitrogen and oxygen atoms in total. The van der Waals surface area contributed by atoms with Crippen LogP contribution in [0, 0.1) is 0 Å². The summed E-state index contributed by atoms with van der Waals surface area (Å²) in [5.41, 5.74) is 0.0613. The number of aliphatic carboxylic acids is 1. The van der Waals surface area contributed by atoms with Gasteiger partial charge in [0, 0.05) is 19.4 Å². The van der Waals surface area contributed by atoms with Gasteiger partial charge in [-0.1, -0.05) is 0 Å². The topological polar surface area (TPSA) is 202 Å². The van der Waals surface area contributed by atoms with Crippen molar-refractivity contribution in [1.29, 1.82) is 0 Å². The third-order valence-electron chi connectivity index (χ3n) is 6.50. The van der Waals surface area contributed by atoms with Crippen molar-refractivity contribution in [3.8, 4) is 0 Å². The minimum Gasteiger partial charge on any atom is -0.545 e. The number of hydrogen-bond donors (Lipinski definition) is 4.